The van der Waals surface area contributed by atoms with Crippen LogP contribution in [0.15, 0.2) is 78.9 Å². The summed E-state index contributed by atoms with van der Waals surface area (Å²) in [5.74, 6) is -0.127. The molecule has 3 aromatic carbocycles. The standard InChI is InChI=1S/C25H25NO2/c1-2-28-25(27)24-16-22-10-6-7-11-23(22)18-26(24)17-19-12-14-21(15-13-19)20-8-4-3-5-9-20/h3-15,24H,2,16-18H2,1H3/t24-/m0/s1. The first-order valence-corrected chi connectivity index (χ1v) is 9.86. The fourth-order valence-corrected chi connectivity index (χ4v) is 3.88. The first-order chi connectivity index (χ1) is 13.7. The summed E-state index contributed by atoms with van der Waals surface area (Å²) in [7, 11) is 0. The van der Waals surface area contributed by atoms with Gasteiger partial charge in [0, 0.05) is 13.1 Å². The number of esters is 1. The molecule has 142 valence electrons. The molecule has 3 heteroatoms. The Morgan fingerprint density at radius 3 is 2.25 bits per heavy atom. The van der Waals surface area contributed by atoms with Gasteiger partial charge in [0.2, 0.25) is 0 Å². The molecule has 3 nitrogen and oxygen atoms in total. The van der Waals surface area contributed by atoms with Gasteiger partial charge < -0.3 is 4.74 Å². The van der Waals surface area contributed by atoms with Crippen LogP contribution in [0.3, 0.4) is 0 Å². The Morgan fingerprint density at radius 2 is 1.54 bits per heavy atom. The van der Waals surface area contributed by atoms with Crippen LogP contribution in [0.1, 0.15) is 23.6 Å². The van der Waals surface area contributed by atoms with Crippen LogP contribution in [0.2, 0.25) is 0 Å². The van der Waals surface area contributed by atoms with Crippen LogP contribution < -0.4 is 0 Å². The number of nitrogens with zero attached hydrogens (tertiary/aromatic N) is 1. The maximum atomic E-state index is 12.6. The Labute approximate surface area is 166 Å². The Kier molecular flexibility index (Phi) is 5.54. The van der Waals surface area contributed by atoms with Crippen molar-refractivity contribution in [3.05, 3.63) is 95.6 Å². The lowest BCUT2D eigenvalue weighted by atomic mass is 9.93. The molecule has 1 heterocycles. The van der Waals surface area contributed by atoms with Gasteiger partial charge in [0.15, 0.2) is 0 Å². The quantitative estimate of drug-likeness (QED) is 0.601. The number of carbonyl (C=O) groups excluding carboxylic acids is 1. The van der Waals surface area contributed by atoms with Crippen LogP contribution >= 0.6 is 0 Å². The van der Waals surface area contributed by atoms with Gasteiger partial charge in [-0.05, 0) is 41.2 Å². The minimum atomic E-state index is -0.233. The van der Waals surface area contributed by atoms with Crippen molar-refractivity contribution in [2.75, 3.05) is 6.61 Å². The van der Waals surface area contributed by atoms with Gasteiger partial charge in [0.05, 0.1) is 6.61 Å². The van der Waals surface area contributed by atoms with Gasteiger partial charge in [-0.25, -0.2) is 0 Å². The lowest BCUT2D eigenvalue weighted by Crippen LogP contribution is -2.45. The van der Waals surface area contributed by atoms with Gasteiger partial charge in [-0.15, -0.1) is 0 Å². The molecule has 0 unspecified atom stereocenters. The van der Waals surface area contributed by atoms with E-state index in [0.29, 0.717) is 13.0 Å². The lowest BCUT2D eigenvalue weighted by molar-refractivity contribution is -0.150. The number of fused-ring (bicyclic) bond motifs is 1. The third kappa shape index (κ3) is 4.00. The first-order valence-electron chi connectivity index (χ1n) is 9.86. The van der Waals surface area contributed by atoms with Crippen molar-refractivity contribution in [2.24, 2.45) is 0 Å². The summed E-state index contributed by atoms with van der Waals surface area (Å²) in [4.78, 5) is 14.8. The van der Waals surface area contributed by atoms with Gasteiger partial charge in [-0.2, -0.15) is 0 Å². The van der Waals surface area contributed by atoms with E-state index in [0.717, 1.165) is 13.1 Å². The molecular weight excluding hydrogens is 346 g/mol. The second-order valence-electron chi connectivity index (χ2n) is 7.21. The average molecular weight is 371 g/mol. The SMILES string of the molecule is CCOC(=O)[C@@H]1Cc2ccccc2CN1Cc1ccc(-c2ccccc2)cc1. The van der Waals surface area contributed by atoms with E-state index in [4.69, 9.17) is 4.74 Å². The maximum Gasteiger partial charge on any atom is 0.323 e. The van der Waals surface area contributed by atoms with E-state index in [-0.39, 0.29) is 12.0 Å². The highest BCUT2D eigenvalue weighted by Gasteiger charge is 2.32. The number of benzene rings is 3. The highest BCUT2D eigenvalue weighted by molar-refractivity contribution is 5.76. The topological polar surface area (TPSA) is 29.5 Å². The fourth-order valence-electron chi connectivity index (χ4n) is 3.88. The minimum Gasteiger partial charge on any atom is -0.465 e. The summed E-state index contributed by atoms with van der Waals surface area (Å²) in [5.41, 5.74) is 6.16. The van der Waals surface area contributed by atoms with Crippen molar-refractivity contribution in [1.29, 1.82) is 0 Å². The lowest BCUT2D eigenvalue weighted by Gasteiger charge is -2.35. The molecule has 4 rings (SSSR count). The van der Waals surface area contributed by atoms with Crippen molar-refractivity contribution in [3.63, 3.8) is 0 Å². The Morgan fingerprint density at radius 1 is 0.893 bits per heavy atom. The number of rotatable bonds is 5. The van der Waals surface area contributed by atoms with Crippen LogP contribution in [0.25, 0.3) is 11.1 Å². The van der Waals surface area contributed by atoms with E-state index in [9.17, 15) is 4.79 Å². The maximum absolute atomic E-state index is 12.6. The zero-order chi connectivity index (χ0) is 19.3. The molecule has 0 N–H and O–H groups in total. The third-order valence-electron chi connectivity index (χ3n) is 5.35. The zero-order valence-electron chi connectivity index (χ0n) is 16.2. The smallest absolute Gasteiger partial charge is 0.323 e. The molecule has 0 bridgehead atoms. The number of hydrogen-bond acceptors (Lipinski definition) is 3. The van der Waals surface area contributed by atoms with Crippen molar-refractivity contribution >= 4 is 5.97 Å². The molecule has 0 saturated heterocycles. The molecule has 0 amide bonds. The first kappa shape index (κ1) is 18.5. The predicted molar refractivity (Wildman–Crippen MR) is 112 cm³/mol. The Hall–Kier alpha value is -2.91. The summed E-state index contributed by atoms with van der Waals surface area (Å²) in [6.45, 7) is 3.77. The molecule has 0 fully saturated rings. The molecule has 1 aliphatic rings. The van der Waals surface area contributed by atoms with E-state index in [1.165, 1.54) is 27.8 Å². The zero-order valence-corrected chi connectivity index (χ0v) is 16.2. The van der Waals surface area contributed by atoms with E-state index in [1.807, 2.05) is 19.1 Å². The van der Waals surface area contributed by atoms with Crippen molar-refractivity contribution in [1.82, 2.24) is 4.90 Å². The van der Waals surface area contributed by atoms with Crippen LogP contribution in [0.5, 0.6) is 0 Å². The van der Waals surface area contributed by atoms with Crippen molar-refractivity contribution in [2.45, 2.75) is 32.5 Å². The van der Waals surface area contributed by atoms with Gasteiger partial charge in [0.1, 0.15) is 6.04 Å². The molecule has 1 atom stereocenters. The fraction of sp³-hybridized carbons (Fsp3) is 0.240. The molecule has 1 aliphatic heterocycles. The second kappa shape index (κ2) is 8.41. The number of hydrogen-bond donors (Lipinski definition) is 0. The van der Waals surface area contributed by atoms with E-state index in [2.05, 4.69) is 71.6 Å². The Balaban J connectivity index is 1.55. The highest BCUT2D eigenvalue weighted by Crippen LogP contribution is 2.26. The van der Waals surface area contributed by atoms with Gasteiger partial charge in [-0.3, -0.25) is 9.69 Å². The molecule has 0 aromatic heterocycles. The Bertz CT molecular complexity index is 934. The van der Waals surface area contributed by atoms with E-state index < -0.39 is 0 Å². The molecule has 0 spiro atoms. The molecule has 0 saturated carbocycles. The second-order valence-corrected chi connectivity index (χ2v) is 7.21. The summed E-state index contributed by atoms with van der Waals surface area (Å²) in [6, 6.07) is 27.1. The number of carbonyl (C=O) groups is 1. The van der Waals surface area contributed by atoms with Crippen molar-refractivity contribution < 1.29 is 9.53 Å². The van der Waals surface area contributed by atoms with E-state index in [1.54, 1.807) is 0 Å². The number of ether oxygens (including phenoxy) is 1. The molecule has 0 radical (unpaired) electrons. The molecule has 28 heavy (non-hydrogen) atoms. The van der Waals surface area contributed by atoms with Gasteiger partial charge in [-0.1, -0.05) is 78.9 Å². The van der Waals surface area contributed by atoms with E-state index >= 15 is 0 Å². The summed E-state index contributed by atoms with van der Waals surface area (Å²) in [5, 5.41) is 0. The summed E-state index contributed by atoms with van der Waals surface area (Å²) >= 11 is 0. The summed E-state index contributed by atoms with van der Waals surface area (Å²) < 4.78 is 5.36. The predicted octanol–water partition coefficient (Wildman–Crippen LogP) is 4.84. The van der Waals surface area contributed by atoms with Crippen LogP contribution in [0, 0.1) is 0 Å². The highest BCUT2D eigenvalue weighted by atomic mass is 16.5. The molecule has 0 aliphatic carbocycles. The molecule has 3 aromatic rings. The largest absolute Gasteiger partial charge is 0.465 e. The van der Waals surface area contributed by atoms with Crippen LogP contribution in [-0.2, 0) is 29.0 Å². The van der Waals surface area contributed by atoms with Crippen LogP contribution in [0.4, 0.5) is 0 Å². The monoisotopic (exact) mass is 371 g/mol. The van der Waals surface area contributed by atoms with Crippen LogP contribution in [-0.4, -0.2) is 23.5 Å². The molecular formula is C25H25NO2. The minimum absolute atomic E-state index is 0.127. The third-order valence-corrected chi connectivity index (χ3v) is 5.35. The van der Waals surface area contributed by atoms with Gasteiger partial charge in [0.25, 0.3) is 0 Å². The summed E-state index contributed by atoms with van der Waals surface area (Å²) in [6.07, 6.45) is 0.705. The van der Waals surface area contributed by atoms with Gasteiger partial charge >= 0.3 is 5.97 Å². The van der Waals surface area contributed by atoms with Crippen molar-refractivity contribution in [3.8, 4) is 11.1 Å². The normalized spacial score (nSPS) is 16.4. The average Bonchev–Trinajstić information content (AvgIpc) is 2.74.